The Morgan fingerprint density at radius 3 is 1.31 bits per heavy atom. The van der Waals surface area contributed by atoms with Crippen LogP contribution in [0.3, 0.4) is 0 Å². The lowest BCUT2D eigenvalue weighted by atomic mass is 9.85. The zero-order chi connectivity index (χ0) is 48.4. The molecule has 0 aromatic heterocycles. The smallest absolute Gasteiger partial charge is 0.245 e. The van der Waals surface area contributed by atoms with Crippen molar-refractivity contribution in [3.8, 4) is 0 Å². The fraction of sp³-hybridized carbons (Fsp3) is 0.455. The topological polar surface area (TPSA) is 169 Å². The molecule has 2 aliphatic heterocycles. The summed E-state index contributed by atoms with van der Waals surface area (Å²) in [5.74, 6) is -1.51. The molecule has 6 atom stereocenters. The largest absolute Gasteiger partial charge is 0.343 e. The molecule has 0 radical (unpaired) electrons. The highest BCUT2D eigenvalue weighted by Crippen LogP contribution is 2.32. The minimum Gasteiger partial charge on any atom is -0.343 e. The number of nitrogens with zero attached hydrogens (tertiary/aromatic N) is 2. The van der Waals surface area contributed by atoms with Gasteiger partial charge in [0.2, 0.25) is 29.5 Å². The number of carbonyl (C=O) groups is 6. The van der Waals surface area contributed by atoms with Gasteiger partial charge in [0.1, 0.15) is 18.1 Å². The van der Waals surface area contributed by atoms with E-state index in [0.717, 1.165) is 22.3 Å². The highest BCUT2D eigenvalue weighted by atomic mass is 16.2. The van der Waals surface area contributed by atoms with Gasteiger partial charge in [-0.3, -0.25) is 28.8 Å². The summed E-state index contributed by atoms with van der Waals surface area (Å²) in [6.07, 6.45) is 6.07. The fourth-order valence-electron chi connectivity index (χ4n) is 9.51. The molecule has 362 valence electrons. The van der Waals surface area contributed by atoms with E-state index in [2.05, 4.69) is 26.6 Å². The number of likely N-dealkylation sites (tertiary alicyclic amines) is 2. The molecule has 0 saturated carbocycles. The van der Waals surface area contributed by atoms with E-state index < -0.39 is 42.3 Å². The number of nitrogens with one attached hydrogen (secondary N) is 5. The molecule has 0 bridgehead atoms. The molecule has 4 aromatic rings. The summed E-state index contributed by atoms with van der Waals surface area (Å²) in [5.41, 5.74) is 3.95. The Hall–Kier alpha value is -6.18. The van der Waals surface area contributed by atoms with Gasteiger partial charge in [-0.05, 0) is 88.7 Å². The Morgan fingerprint density at radius 2 is 0.897 bits per heavy atom. The minimum absolute atomic E-state index is 0.00646. The van der Waals surface area contributed by atoms with Crippen molar-refractivity contribution in [1.29, 1.82) is 0 Å². The molecule has 6 rings (SSSR count). The number of hydrogen-bond donors (Lipinski definition) is 5. The predicted octanol–water partition coefficient (Wildman–Crippen LogP) is 6.19. The summed E-state index contributed by atoms with van der Waals surface area (Å²) in [6, 6.07) is 35.1. The number of rotatable bonds is 24. The molecule has 1 unspecified atom stereocenters. The van der Waals surface area contributed by atoms with Crippen LogP contribution >= 0.6 is 0 Å². The molecule has 2 aliphatic rings. The molecule has 2 fully saturated rings. The Labute approximate surface area is 402 Å². The van der Waals surface area contributed by atoms with E-state index in [9.17, 15) is 28.8 Å². The number of hydrogen-bond acceptors (Lipinski definition) is 8. The standard InChI is InChI=1S/C55H71N7O6/c1-38(56-3)51(64)58-45(54(67)61-35-21-33-47(61)49(63)37-44(40-23-11-7-12-24-40)41-25-13-8-14-26-41)31-19-5-6-20-32-46(59-52(65)39(2)57-4)55(68)62-36-22-34-48(62)53(66)60-50(42-27-15-9-16-28-42)43-29-17-10-18-30-43/h7-18,23-30,38-39,44-48,50,56-57H,5-6,19-22,31-37H2,1-4H3,(H,58,64)(H,59,65)(H,60,66)/t38-,39?,45-,46-,47-,48-/m0/s1. The van der Waals surface area contributed by atoms with E-state index in [1.807, 2.05) is 121 Å². The Balaban J connectivity index is 1.08. The third-order valence-electron chi connectivity index (χ3n) is 13.7. The van der Waals surface area contributed by atoms with Crippen molar-refractivity contribution < 1.29 is 28.8 Å². The van der Waals surface area contributed by atoms with Gasteiger partial charge < -0.3 is 36.4 Å². The zero-order valence-electron chi connectivity index (χ0n) is 40.2. The molecule has 5 N–H and O–H groups in total. The molecule has 2 saturated heterocycles. The van der Waals surface area contributed by atoms with Crippen LogP contribution in [0.5, 0.6) is 0 Å². The lowest BCUT2D eigenvalue weighted by Crippen LogP contribution is -2.55. The van der Waals surface area contributed by atoms with Gasteiger partial charge in [0, 0.05) is 25.4 Å². The second kappa shape index (κ2) is 25.8. The summed E-state index contributed by atoms with van der Waals surface area (Å²) >= 11 is 0. The van der Waals surface area contributed by atoms with E-state index in [4.69, 9.17) is 0 Å². The maximum atomic E-state index is 14.4. The highest BCUT2D eigenvalue weighted by molar-refractivity contribution is 5.95. The Kier molecular flexibility index (Phi) is 19.4. The van der Waals surface area contributed by atoms with Crippen LogP contribution in [0.15, 0.2) is 121 Å². The molecule has 68 heavy (non-hydrogen) atoms. The van der Waals surface area contributed by atoms with Gasteiger partial charge >= 0.3 is 0 Å². The third kappa shape index (κ3) is 13.7. The third-order valence-corrected chi connectivity index (χ3v) is 13.7. The van der Waals surface area contributed by atoms with Crippen molar-refractivity contribution in [2.24, 2.45) is 0 Å². The normalized spacial score (nSPS) is 17.6. The van der Waals surface area contributed by atoms with Gasteiger partial charge in [-0.2, -0.15) is 0 Å². The molecule has 0 spiro atoms. The molecule has 4 aromatic carbocycles. The molecular weight excluding hydrogens is 855 g/mol. The van der Waals surface area contributed by atoms with E-state index in [1.165, 1.54) is 0 Å². The molecule has 5 amide bonds. The van der Waals surface area contributed by atoms with Gasteiger partial charge in [0.15, 0.2) is 5.78 Å². The van der Waals surface area contributed by atoms with Crippen molar-refractivity contribution in [2.45, 2.75) is 133 Å². The first-order valence-corrected chi connectivity index (χ1v) is 24.6. The highest BCUT2D eigenvalue weighted by Gasteiger charge is 2.40. The summed E-state index contributed by atoms with van der Waals surface area (Å²) < 4.78 is 0. The number of likely N-dealkylation sites (N-methyl/N-ethyl adjacent to an activating group) is 2. The van der Waals surface area contributed by atoms with Crippen LogP contribution < -0.4 is 26.6 Å². The van der Waals surface area contributed by atoms with Gasteiger partial charge in [0.25, 0.3) is 0 Å². The Morgan fingerprint density at radius 1 is 0.515 bits per heavy atom. The minimum atomic E-state index is -0.838. The van der Waals surface area contributed by atoms with Crippen molar-refractivity contribution >= 4 is 35.3 Å². The number of carbonyl (C=O) groups excluding carboxylic acids is 6. The van der Waals surface area contributed by atoms with Crippen LogP contribution in [0.4, 0.5) is 0 Å². The fourth-order valence-corrected chi connectivity index (χ4v) is 9.51. The molecular formula is C55H71N7O6. The molecule has 13 nitrogen and oxygen atoms in total. The van der Waals surface area contributed by atoms with Gasteiger partial charge in [-0.15, -0.1) is 0 Å². The lowest BCUT2D eigenvalue weighted by Gasteiger charge is -2.31. The Bertz CT molecular complexity index is 2010. The lowest BCUT2D eigenvalue weighted by molar-refractivity contribution is -0.142. The quantitative estimate of drug-likeness (QED) is 0.0519. The number of benzene rings is 4. The van der Waals surface area contributed by atoms with Gasteiger partial charge in [-0.25, -0.2) is 0 Å². The number of ketones is 1. The number of unbranched alkanes of at least 4 members (excludes halogenated alkanes) is 3. The number of amides is 5. The molecule has 2 heterocycles. The van der Waals surface area contributed by atoms with Crippen LogP contribution in [0, 0.1) is 0 Å². The van der Waals surface area contributed by atoms with Crippen molar-refractivity contribution in [3.63, 3.8) is 0 Å². The number of Topliss-reactive ketones (excluding diaryl/α,β-unsaturated/α-hetero) is 1. The summed E-state index contributed by atoms with van der Waals surface area (Å²) in [7, 11) is 3.38. The first kappa shape index (κ1) is 51.2. The molecule has 13 heteroatoms. The summed E-state index contributed by atoms with van der Waals surface area (Å²) in [6.45, 7) is 4.32. The van der Waals surface area contributed by atoms with Crippen molar-refractivity contribution in [1.82, 2.24) is 36.4 Å². The van der Waals surface area contributed by atoms with Crippen LogP contribution in [-0.4, -0.2) is 109 Å². The van der Waals surface area contributed by atoms with E-state index in [-0.39, 0.29) is 47.7 Å². The second-order valence-electron chi connectivity index (χ2n) is 18.3. The summed E-state index contributed by atoms with van der Waals surface area (Å²) in [4.78, 5) is 86.9. The zero-order valence-corrected chi connectivity index (χ0v) is 40.2. The first-order valence-electron chi connectivity index (χ1n) is 24.6. The maximum Gasteiger partial charge on any atom is 0.245 e. The maximum absolute atomic E-state index is 14.4. The SMILES string of the molecule is CNC(C)C(=O)N[C@@H](CCCCCC[C@H](NC(=O)[C@H](C)NC)C(=O)N1CCC[C@H]1C(=O)CC(c1ccccc1)c1ccccc1)C(=O)N1CCC[C@H]1C(=O)NC(c1ccccc1)c1ccccc1. The van der Waals surface area contributed by atoms with Crippen LogP contribution in [0.1, 0.15) is 119 Å². The van der Waals surface area contributed by atoms with Crippen molar-refractivity contribution in [2.75, 3.05) is 27.2 Å². The molecule has 0 aliphatic carbocycles. The van der Waals surface area contributed by atoms with Crippen LogP contribution in [0.2, 0.25) is 0 Å². The van der Waals surface area contributed by atoms with Crippen LogP contribution in [-0.2, 0) is 28.8 Å². The second-order valence-corrected chi connectivity index (χ2v) is 18.3. The predicted molar refractivity (Wildman–Crippen MR) is 265 cm³/mol. The van der Waals surface area contributed by atoms with E-state index in [0.29, 0.717) is 77.3 Å². The van der Waals surface area contributed by atoms with E-state index >= 15 is 0 Å². The van der Waals surface area contributed by atoms with Gasteiger partial charge in [-0.1, -0.05) is 147 Å². The average Bonchev–Trinajstić information content (AvgIpc) is 4.09. The van der Waals surface area contributed by atoms with E-state index in [1.54, 1.807) is 37.7 Å². The van der Waals surface area contributed by atoms with Crippen LogP contribution in [0.25, 0.3) is 0 Å². The monoisotopic (exact) mass is 926 g/mol. The summed E-state index contributed by atoms with van der Waals surface area (Å²) in [5, 5.41) is 15.1. The van der Waals surface area contributed by atoms with Gasteiger partial charge in [0.05, 0.1) is 24.2 Å². The van der Waals surface area contributed by atoms with Crippen molar-refractivity contribution in [3.05, 3.63) is 144 Å². The first-order chi connectivity index (χ1) is 33.0. The average molecular weight is 926 g/mol.